The summed E-state index contributed by atoms with van der Waals surface area (Å²) in [6, 6.07) is 13.8. The molecule has 1 aliphatic carbocycles. The number of ether oxygens (including phenoxy) is 1. The molecule has 1 aliphatic rings. The molecular formula is C25H30N2O4S. The second kappa shape index (κ2) is 7.96. The van der Waals surface area contributed by atoms with Gasteiger partial charge in [0, 0.05) is 36.7 Å². The molecule has 2 aromatic carbocycles. The summed E-state index contributed by atoms with van der Waals surface area (Å²) in [5.74, 6) is 0. The van der Waals surface area contributed by atoms with Crippen LogP contribution in [-0.4, -0.2) is 42.7 Å². The van der Waals surface area contributed by atoms with Crippen LogP contribution >= 0.6 is 0 Å². The summed E-state index contributed by atoms with van der Waals surface area (Å²) >= 11 is 0. The largest absolute Gasteiger partial charge is 0.444 e. The van der Waals surface area contributed by atoms with E-state index in [-0.39, 0.29) is 21.9 Å². The summed E-state index contributed by atoms with van der Waals surface area (Å²) in [6.07, 6.45) is 1.98. The van der Waals surface area contributed by atoms with E-state index in [4.69, 9.17) is 4.74 Å². The van der Waals surface area contributed by atoms with Crippen LogP contribution in [0, 0.1) is 0 Å². The molecule has 0 radical (unpaired) electrons. The van der Waals surface area contributed by atoms with Crippen molar-refractivity contribution in [3.05, 3.63) is 59.8 Å². The summed E-state index contributed by atoms with van der Waals surface area (Å²) in [5, 5.41) is 0.932. The van der Waals surface area contributed by atoms with E-state index in [0.29, 0.717) is 6.42 Å². The van der Waals surface area contributed by atoms with E-state index in [1.807, 2.05) is 33.9 Å². The molecule has 7 heteroatoms. The molecule has 1 heterocycles. The lowest BCUT2D eigenvalue weighted by Gasteiger charge is -2.33. The maximum atomic E-state index is 13.2. The third kappa shape index (κ3) is 4.01. The average Bonchev–Trinajstić information content (AvgIpc) is 3.04. The van der Waals surface area contributed by atoms with Gasteiger partial charge in [0.25, 0.3) is 0 Å². The van der Waals surface area contributed by atoms with E-state index in [1.54, 1.807) is 54.4 Å². The van der Waals surface area contributed by atoms with Crippen LogP contribution in [0.3, 0.4) is 0 Å². The number of sulfone groups is 1. The Bertz CT molecular complexity index is 1270. The average molecular weight is 455 g/mol. The van der Waals surface area contributed by atoms with Crippen molar-refractivity contribution >= 4 is 26.8 Å². The molecule has 0 bridgehead atoms. The number of aromatic nitrogens is 1. The van der Waals surface area contributed by atoms with Gasteiger partial charge in [0.05, 0.1) is 9.79 Å². The minimum absolute atomic E-state index is 0.00247. The third-order valence-corrected chi connectivity index (χ3v) is 7.92. The first-order valence-corrected chi connectivity index (χ1v) is 12.3. The Morgan fingerprint density at radius 1 is 1.09 bits per heavy atom. The van der Waals surface area contributed by atoms with E-state index in [1.165, 1.54) is 5.69 Å². The predicted molar refractivity (Wildman–Crippen MR) is 125 cm³/mol. The molecular weight excluding hydrogens is 424 g/mol. The van der Waals surface area contributed by atoms with Crippen LogP contribution in [-0.2, 0) is 34.5 Å². The Labute approximate surface area is 189 Å². The van der Waals surface area contributed by atoms with Gasteiger partial charge in [-0.3, -0.25) is 0 Å². The molecule has 4 rings (SSSR count). The number of benzene rings is 2. The molecule has 32 heavy (non-hydrogen) atoms. The minimum atomic E-state index is -3.61. The lowest BCUT2D eigenvalue weighted by molar-refractivity contribution is 0.0210. The lowest BCUT2D eigenvalue weighted by atomic mass is 9.90. The fourth-order valence-corrected chi connectivity index (χ4v) is 5.76. The van der Waals surface area contributed by atoms with Crippen LogP contribution < -0.4 is 0 Å². The first-order chi connectivity index (χ1) is 15.0. The van der Waals surface area contributed by atoms with Gasteiger partial charge >= 0.3 is 6.09 Å². The van der Waals surface area contributed by atoms with Crippen molar-refractivity contribution in [2.24, 2.45) is 7.05 Å². The molecule has 0 spiro atoms. The lowest BCUT2D eigenvalue weighted by Crippen LogP contribution is -2.43. The topological polar surface area (TPSA) is 68.6 Å². The number of likely N-dealkylation sites (N-methyl/N-ethyl adjacent to an activating group) is 1. The molecule has 1 atom stereocenters. The number of aryl methyl sites for hydroxylation is 1. The zero-order valence-corrected chi connectivity index (χ0v) is 20.1. The number of hydrogen-bond acceptors (Lipinski definition) is 4. The molecule has 3 aromatic rings. The van der Waals surface area contributed by atoms with Crippen molar-refractivity contribution < 1.29 is 17.9 Å². The van der Waals surface area contributed by atoms with Crippen LogP contribution in [0.1, 0.15) is 38.4 Å². The standard InChI is InChI=1S/C25H30N2O4S/c1-25(2,3)31-24(28)26(4)17-11-13-22-20(15-17)21-16-19(12-14-23(21)27(22)5)32(29,30)18-9-7-6-8-10-18/h6-10,12,14,16-17H,11,13,15H2,1-5H3/t17-/m1/s1. The normalized spacial score (nSPS) is 16.6. The highest BCUT2D eigenvalue weighted by Gasteiger charge is 2.31. The van der Waals surface area contributed by atoms with Crippen molar-refractivity contribution in [3.63, 3.8) is 0 Å². The molecule has 170 valence electrons. The monoisotopic (exact) mass is 454 g/mol. The van der Waals surface area contributed by atoms with Gasteiger partial charge in [-0.25, -0.2) is 13.2 Å². The van der Waals surface area contributed by atoms with Gasteiger partial charge in [0.1, 0.15) is 5.60 Å². The van der Waals surface area contributed by atoms with Gasteiger partial charge in [-0.1, -0.05) is 18.2 Å². The molecule has 1 aromatic heterocycles. The quantitative estimate of drug-likeness (QED) is 0.573. The summed E-state index contributed by atoms with van der Waals surface area (Å²) < 4.78 is 34.0. The van der Waals surface area contributed by atoms with Crippen molar-refractivity contribution in [1.29, 1.82) is 0 Å². The van der Waals surface area contributed by atoms with E-state index in [9.17, 15) is 13.2 Å². The Kier molecular flexibility index (Phi) is 5.57. The van der Waals surface area contributed by atoms with Crippen LogP contribution in [0.25, 0.3) is 10.9 Å². The molecule has 0 saturated heterocycles. The van der Waals surface area contributed by atoms with Crippen LogP contribution in [0.4, 0.5) is 4.79 Å². The van der Waals surface area contributed by atoms with Crippen LogP contribution in [0.2, 0.25) is 0 Å². The zero-order valence-electron chi connectivity index (χ0n) is 19.3. The fraction of sp³-hybridized carbons (Fsp3) is 0.400. The molecule has 1 amide bonds. The maximum Gasteiger partial charge on any atom is 0.410 e. The van der Waals surface area contributed by atoms with Crippen LogP contribution in [0.15, 0.2) is 58.3 Å². The number of fused-ring (bicyclic) bond motifs is 3. The Balaban J connectivity index is 1.71. The second-order valence-corrected chi connectivity index (χ2v) is 11.4. The van der Waals surface area contributed by atoms with E-state index < -0.39 is 15.4 Å². The Morgan fingerprint density at radius 3 is 2.44 bits per heavy atom. The molecule has 0 aliphatic heterocycles. The summed E-state index contributed by atoms with van der Waals surface area (Å²) in [4.78, 5) is 14.8. The highest BCUT2D eigenvalue weighted by molar-refractivity contribution is 7.91. The SMILES string of the molecule is CN(C(=O)OC(C)(C)C)[C@@H]1CCc2c(c3cc(S(=O)(=O)c4ccccc4)ccc3n2C)C1. The zero-order chi connectivity index (χ0) is 23.3. The highest BCUT2D eigenvalue weighted by Crippen LogP contribution is 2.35. The number of hydrogen-bond donors (Lipinski definition) is 0. The van der Waals surface area contributed by atoms with Crippen molar-refractivity contribution in [1.82, 2.24) is 9.47 Å². The van der Waals surface area contributed by atoms with Crippen LogP contribution in [0.5, 0.6) is 0 Å². The Hall–Kier alpha value is -2.80. The number of carbonyl (C=O) groups excluding carboxylic acids is 1. The van der Waals surface area contributed by atoms with E-state index in [2.05, 4.69) is 4.57 Å². The summed E-state index contributed by atoms with van der Waals surface area (Å²) in [5.41, 5.74) is 2.76. The number of amides is 1. The highest BCUT2D eigenvalue weighted by atomic mass is 32.2. The van der Waals surface area contributed by atoms with Gasteiger partial charge < -0.3 is 14.2 Å². The molecule has 0 saturated carbocycles. The molecule has 0 fully saturated rings. The fourth-order valence-electron chi connectivity index (χ4n) is 4.46. The summed E-state index contributed by atoms with van der Waals surface area (Å²) in [6.45, 7) is 5.57. The smallest absolute Gasteiger partial charge is 0.410 e. The third-order valence-electron chi connectivity index (χ3n) is 6.15. The molecule has 0 N–H and O–H groups in total. The second-order valence-electron chi connectivity index (χ2n) is 9.47. The molecule has 6 nitrogen and oxygen atoms in total. The van der Waals surface area contributed by atoms with E-state index >= 15 is 0 Å². The maximum absolute atomic E-state index is 13.2. The summed E-state index contributed by atoms with van der Waals surface area (Å²) in [7, 11) is 0.191. The first-order valence-electron chi connectivity index (χ1n) is 10.8. The Morgan fingerprint density at radius 2 is 1.78 bits per heavy atom. The van der Waals surface area contributed by atoms with Crippen molar-refractivity contribution in [3.8, 4) is 0 Å². The van der Waals surface area contributed by atoms with Gasteiger partial charge in [0.15, 0.2) is 0 Å². The first kappa shape index (κ1) is 22.4. The van der Waals surface area contributed by atoms with Crippen molar-refractivity contribution in [2.45, 2.75) is 61.5 Å². The predicted octanol–water partition coefficient (Wildman–Crippen LogP) is 4.74. The van der Waals surface area contributed by atoms with Gasteiger partial charge in [-0.2, -0.15) is 0 Å². The van der Waals surface area contributed by atoms with Crippen molar-refractivity contribution in [2.75, 3.05) is 7.05 Å². The van der Waals surface area contributed by atoms with Gasteiger partial charge in [-0.05, 0) is 75.9 Å². The number of rotatable bonds is 3. The minimum Gasteiger partial charge on any atom is -0.444 e. The van der Waals surface area contributed by atoms with E-state index in [0.717, 1.165) is 29.3 Å². The number of nitrogens with zero attached hydrogens (tertiary/aromatic N) is 2. The van der Waals surface area contributed by atoms with Gasteiger partial charge in [0.2, 0.25) is 9.84 Å². The molecule has 0 unspecified atom stereocenters. The number of carbonyl (C=O) groups is 1. The van der Waals surface area contributed by atoms with Gasteiger partial charge in [-0.15, -0.1) is 0 Å².